The highest BCUT2D eigenvalue weighted by Crippen LogP contribution is 2.36. The fraction of sp³-hybridized carbons (Fsp3) is 0.200. The molecule has 0 unspecified atom stereocenters. The molecule has 0 saturated heterocycles. The summed E-state index contributed by atoms with van der Waals surface area (Å²) in [6, 6.07) is 8.77. The maximum absolute atomic E-state index is 12.5. The summed E-state index contributed by atoms with van der Waals surface area (Å²) in [5, 5.41) is 15.4. The van der Waals surface area contributed by atoms with Crippen molar-refractivity contribution in [3.63, 3.8) is 0 Å². The summed E-state index contributed by atoms with van der Waals surface area (Å²) < 4.78 is 10.8. The van der Waals surface area contributed by atoms with Gasteiger partial charge in [0.15, 0.2) is 6.10 Å². The average Bonchev–Trinajstić information content (AvgIpc) is 2.75. The number of esters is 1. The van der Waals surface area contributed by atoms with Crippen LogP contribution in [0.2, 0.25) is 5.02 Å². The number of nitrogens with zero attached hydrogens (tertiary/aromatic N) is 3. The van der Waals surface area contributed by atoms with Crippen LogP contribution < -0.4 is 16.0 Å². The number of aromatic amines is 1. The third-order valence-corrected chi connectivity index (χ3v) is 4.54. The highest BCUT2D eigenvalue weighted by Gasteiger charge is 2.25. The Bertz CT molecular complexity index is 1350. The highest BCUT2D eigenvalue weighted by molar-refractivity contribution is 6.32. The van der Waals surface area contributed by atoms with E-state index in [0.717, 1.165) is 12.3 Å². The molecule has 3 rings (SSSR count). The molecule has 0 aliphatic rings. The van der Waals surface area contributed by atoms with E-state index in [2.05, 4.69) is 10.1 Å². The fourth-order valence-corrected chi connectivity index (χ4v) is 3.06. The van der Waals surface area contributed by atoms with Gasteiger partial charge in [-0.05, 0) is 32.0 Å². The first-order valence-electron chi connectivity index (χ1n) is 9.32. The number of nitro groups is 1. The Morgan fingerprint density at radius 2 is 2.06 bits per heavy atom. The molecular weight excluding hydrogens is 444 g/mol. The third kappa shape index (κ3) is 4.67. The van der Waals surface area contributed by atoms with Gasteiger partial charge in [0.25, 0.3) is 5.56 Å². The Morgan fingerprint density at radius 3 is 2.75 bits per heavy atom. The van der Waals surface area contributed by atoms with Crippen LogP contribution in [-0.4, -0.2) is 39.5 Å². The Labute approximate surface area is 185 Å². The van der Waals surface area contributed by atoms with E-state index in [9.17, 15) is 24.5 Å². The first-order valence-corrected chi connectivity index (χ1v) is 9.70. The van der Waals surface area contributed by atoms with Crippen LogP contribution >= 0.6 is 11.6 Å². The first-order chi connectivity index (χ1) is 15.2. The van der Waals surface area contributed by atoms with Crippen molar-refractivity contribution >= 4 is 40.4 Å². The molecule has 0 saturated carbocycles. The van der Waals surface area contributed by atoms with Gasteiger partial charge in [0.05, 0.1) is 33.7 Å². The van der Waals surface area contributed by atoms with Crippen LogP contribution in [0.3, 0.4) is 0 Å². The number of fused-ring (bicyclic) bond motifs is 1. The number of H-pyrrole nitrogens is 1. The van der Waals surface area contributed by atoms with E-state index in [0.29, 0.717) is 10.2 Å². The van der Waals surface area contributed by atoms with Gasteiger partial charge < -0.3 is 14.5 Å². The minimum Gasteiger partial charge on any atom is -0.471 e. The number of nitro benzene ring substituents is 1. The zero-order chi connectivity index (χ0) is 23.4. The molecule has 0 radical (unpaired) electrons. The molecule has 0 spiro atoms. The Kier molecular flexibility index (Phi) is 6.69. The van der Waals surface area contributed by atoms with Crippen LogP contribution in [0.4, 0.5) is 5.69 Å². The number of ether oxygens (including phenoxy) is 2. The molecule has 1 N–H and O–H groups in total. The van der Waals surface area contributed by atoms with Crippen molar-refractivity contribution in [3.8, 4) is 5.75 Å². The molecule has 0 bridgehead atoms. The van der Waals surface area contributed by atoms with Crippen LogP contribution in [0.1, 0.15) is 19.4 Å². The molecule has 0 aliphatic heterocycles. The van der Waals surface area contributed by atoms with Crippen molar-refractivity contribution < 1.29 is 19.2 Å². The second-order valence-electron chi connectivity index (χ2n) is 6.46. The second-order valence-corrected chi connectivity index (χ2v) is 6.86. The molecule has 3 aromatic rings. The lowest BCUT2D eigenvalue weighted by Crippen LogP contribution is -2.32. The van der Waals surface area contributed by atoms with Gasteiger partial charge in [-0.15, -0.1) is 4.68 Å². The molecule has 166 valence electrons. The fourth-order valence-electron chi connectivity index (χ4n) is 2.79. The molecule has 12 heteroatoms. The number of carbonyl (C=O) groups excluding carboxylic acids is 1. The van der Waals surface area contributed by atoms with Gasteiger partial charge in [0.1, 0.15) is 0 Å². The minimum atomic E-state index is -1.14. The standard InChI is InChI=1S/C20H17ClN4O7/c1-3-31-19(27)11(2)32-17-14(21)8-12(9-16(17)25(29)30)10-22-24-18(26)13-6-4-5-7-15(13)23-20(24)28/h4-11H,3H2,1-2H3,(H,23,28)/t11-/m1/s1. The van der Waals surface area contributed by atoms with Gasteiger partial charge in [-0.25, -0.2) is 9.59 Å². The first kappa shape index (κ1) is 22.7. The monoisotopic (exact) mass is 460 g/mol. The van der Waals surface area contributed by atoms with E-state index in [1.165, 1.54) is 19.1 Å². The van der Waals surface area contributed by atoms with E-state index < -0.39 is 33.9 Å². The smallest absolute Gasteiger partial charge is 0.349 e. The van der Waals surface area contributed by atoms with Crippen LogP contribution in [-0.2, 0) is 9.53 Å². The number of benzene rings is 2. The molecule has 1 aromatic heterocycles. The number of para-hydroxylation sites is 1. The zero-order valence-corrected chi connectivity index (χ0v) is 17.7. The lowest BCUT2D eigenvalue weighted by molar-refractivity contribution is -0.386. The largest absolute Gasteiger partial charge is 0.471 e. The molecular formula is C20H17ClN4O7. The number of nitrogens with one attached hydrogen (secondary N) is 1. The highest BCUT2D eigenvalue weighted by atomic mass is 35.5. The number of carbonyl (C=O) groups is 1. The lowest BCUT2D eigenvalue weighted by atomic mass is 10.2. The number of hydrogen-bond donors (Lipinski definition) is 1. The Hall–Kier alpha value is -3.99. The van der Waals surface area contributed by atoms with Crippen molar-refractivity contribution in [2.24, 2.45) is 5.10 Å². The third-order valence-electron chi connectivity index (χ3n) is 4.26. The average molecular weight is 461 g/mol. The Balaban J connectivity index is 2.00. The zero-order valence-electron chi connectivity index (χ0n) is 16.9. The number of hydrogen-bond acceptors (Lipinski definition) is 8. The van der Waals surface area contributed by atoms with Crippen LogP contribution in [0.15, 0.2) is 51.1 Å². The predicted molar refractivity (Wildman–Crippen MR) is 117 cm³/mol. The van der Waals surface area contributed by atoms with Gasteiger partial charge in [0, 0.05) is 11.6 Å². The molecule has 32 heavy (non-hydrogen) atoms. The molecule has 11 nitrogen and oxygen atoms in total. The summed E-state index contributed by atoms with van der Waals surface area (Å²) in [4.78, 5) is 49.8. The lowest BCUT2D eigenvalue weighted by Gasteiger charge is -2.14. The molecule has 0 amide bonds. The number of aromatic nitrogens is 2. The number of rotatable bonds is 7. The van der Waals surface area contributed by atoms with Gasteiger partial charge in [0.2, 0.25) is 5.75 Å². The van der Waals surface area contributed by atoms with Crippen molar-refractivity contribution in [1.29, 1.82) is 0 Å². The Morgan fingerprint density at radius 1 is 1.34 bits per heavy atom. The van der Waals surface area contributed by atoms with Gasteiger partial charge in [-0.2, -0.15) is 5.10 Å². The summed E-state index contributed by atoms with van der Waals surface area (Å²) >= 11 is 6.15. The summed E-state index contributed by atoms with van der Waals surface area (Å²) in [5.41, 5.74) is -1.50. The molecule has 1 atom stereocenters. The summed E-state index contributed by atoms with van der Waals surface area (Å²) in [6.07, 6.45) is -0.0662. The van der Waals surface area contributed by atoms with E-state index in [-0.39, 0.29) is 28.3 Å². The van der Waals surface area contributed by atoms with E-state index in [4.69, 9.17) is 21.1 Å². The summed E-state index contributed by atoms with van der Waals surface area (Å²) in [5.74, 6) is -1.03. The van der Waals surface area contributed by atoms with Crippen molar-refractivity contribution in [3.05, 3.63) is 77.9 Å². The quantitative estimate of drug-likeness (QED) is 0.246. The minimum absolute atomic E-state index is 0.116. The topological polar surface area (TPSA) is 146 Å². The summed E-state index contributed by atoms with van der Waals surface area (Å²) in [6.45, 7) is 3.09. The summed E-state index contributed by atoms with van der Waals surface area (Å²) in [7, 11) is 0. The van der Waals surface area contributed by atoms with Crippen LogP contribution in [0, 0.1) is 10.1 Å². The predicted octanol–water partition coefficient (Wildman–Crippen LogP) is 2.46. The SMILES string of the molecule is CCOC(=O)[C@@H](C)Oc1c(Cl)cc(C=Nn2c(=O)[nH]c3ccccc3c2=O)cc1[N+](=O)[O-]. The van der Waals surface area contributed by atoms with Crippen molar-refractivity contribution in [2.45, 2.75) is 20.0 Å². The normalized spacial score (nSPS) is 12.1. The molecule has 0 aliphatic carbocycles. The van der Waals surface area contributed by atoms with E-state index >= 15 is 0 Å². The van der Waals surface area contributed by atoms with Gasteiger partial charge in [-0.1, -0.05) is 23.7 Å². The van der Waals surface area contributed by atoms with Gasteiger partial charge in [-0.3, -0.25) is 14.9 Å². The van der Waals surface area contributed by atoms with E-state index in [1.54, 1.807) is 25.1 Å². The molecule has 0 fully saturated rings. The second kappa shape index (κ2) is 9.43. The van der Waals surface area contributed by atoms with Gasteiger partial charge >= 0.3 is 17.3 Å². The van der Waals surface area contributed by atoms with E-state index in [1.807, 2.05) is 0 Å². The molecule has 2 aromatic carbocycles. The van der Waals surface area contributed by atoms with Crippen molar-refractivity contribution in [1.82, 2.24) is 9.66 Å². The maximum Gasteiger partial charge on any atom is 0.349 e. The van der Waals surface area contributed by atoms with Crippen molar-refractivity contribution in [2.75, 3.05) is 6.61 Å². The molecule has 1 heterocycles. The van der Waals surface area contributed by atoms with Crippen LogP contribution in [0.25, 0.3) is 10.9 Å². The number of halogens is 1. The maximum atomic E-state index is 12.5. The van der Waals surface area contributed by atoms with Crippen LogP contribution in [0.5, 0.6) is 5.75 Å².